The van der Waals surface area contributed by atoms with Crippen molar-refractivity contribution >= 4 is 5.69 Å². The third-order valence-electron chi connectivity index (χ3n) is 3.91. The molecule has 1 N–H and O–H groups in total. The number of nitrogens with one attached hydrogen (secondary N) is 1. The lowest BCUT2D eigenvalue weighted by atomic mass is 9.88. The lowest BCUT2D eigenvalue weighted by Gasteiger charge is -2.38. The molecule has 1 saturated heterocycles. The minimum absolute atomic E-state index is 0.308. The highest BCUT2D eigenvalue weighted by molar-refractivity contribution is 5.51. The van der Waals surface area contributed by atoms with Gasteiger partial charge in [0.25, 0.3) is 0 Å². The maximum atomic E-state index is 5.31. The van der Waals surface area contributed by atoms with E-state index >= 15 is 0 Å². The van der Waals surface area contributed by atoms with Crippen LogP contribution in [0.2, 0.25) is 0 Å². The van der Waals surface area contributed by atoms with Crippen molar-refractivity contribution in [1.82, 2.24) is 4.90 Å². The van der Waals surface area contributed by atoms with Crippen LogP contribution in [-0.2, 0) is 11.3 Å². The molecule has 19 heavy (non-hydrogen) atoms. The topological polar surface area (TPSA) is 24.5 Å². The van der Waals surface area contributed by atoms with Gasteiger partial charge in [0.2, 0.25) is 0 Å². The summed E-state index contributed by atoms with van der Waals surface area (Å²) < 4.78 is 5.31. The van der Waals surface area contributed by atoms with Crippen molar-refractivity contribution in [2.45, 2.75) is 27.3 Å². The fraction of sp³-hybridized carbons (Fsp3) is 0.625. The van der Waals surface area contributed by atoms with Crippen molar-refractivity contribution in [2.75, 3.05) is 38.2 Å². The Balaban J connectivity index is 1.99. The molecule has 0 aliphatic carbocycles. The monoisotopic (exact) mass is 262 g/mol. The van der Waals surface area contributed by atoms with Gasteiger partial charge in [0.1, 0.15) is 0 Å². The Morgan fingerprint density at radius 1 is 1.21 bits per heavy atom. The SMILES string of the molecule is CCN(CC)Cc1ccccc1NCC1(C)COC1. The van der Waals surface area contributed by atoms with E-state index in [2.05, 4.69) is 55.3 Å². The number of benzene rings is 1. The van der Waals surface area contributed by atoms with Gasteiger partial charge in [-0.2, -0.15) is 0 Å². The van der Waals surface area contributed by atoms with Crippen LogP contribution < -0.4 is 5.32 Å². The average Bonchev–Trinajstić information content (AvgIpc) is 2.41. The van der Waals surface area contributed by atoms with Gasteiger partial charge in [-0.25, -0.2) is 0 Å². The summed E-state index contributed by atoms with van der Waals surface area (Å²) in [7, 11) is 0. The van der Waals surface area contributed by atoms with Crippen LogP contribution in [0.1, 0.15) is 26.3 Å². The molecule has 1 aliphatic heterocycles. The molecule has 3 nitrogen and oxygen atoms in total. The zero-order chi connectivity index (χ0) is 13.7. The quantitative estimate of drug-likeness (QED) is 0.817. The minimum atomic E-state index is 0.308. The van der Waals surface area contributed by atoms with Gasteiger partial charge in [-0.3, -0.25) is 4.90 Å². The molecule has 0 aromatic heterocycles. The molecule has 1 aliphatic rings. The van der Waals surface area contributed by atoms with Gasteiger partial charge in [-0.1, -0.05) is 39.0 Å². The van der Waals surface area contributed by atoms with Crippen molar-refractivity contribution in [1.29, 1.82) is 0 Å². The second-order valence-corrected chi connectivity index (χ2v) is 5.78. The van der Waals surface area contributed by atoms with Gasteiger partial charge in [0, 0.05) is 24.2 Å². The second-order valence-electron chi connectivity index (χ2n) is 5.78. The highest BCUT2D eigenvalue weighted by atomic mass is 16.5. The van der Waals surface area contributed by atoms with Crippen molar-refractivity contribution < 1.29 is 4.74 Å². The molecule has 0 saturated carbocycles. The average molecular weight is 262 g/mol. The van der Waals surface area contributed by atoms with Crippen LogP contribution in [0.3, 0.4) is 0 Å². The van der Waals surface area contributed by atoms with Crippen LogP contribution in [0.15, 0.2) is 24.3 Å². The number of hydrogen-bond donors (Lipinski definition) is 1. The molecule has 0 spiro atoms. The molecule has 0 unspecified atom stereocenters. The van der Waals surface area contributed by atoms with Crippen LogP contribution >= 0.6 is 0 Å². The van der Waals surface area contributed by atoms with E-state index in [0.717, 1.165) is 39.4 Å². The van der Waals surface area contributed by atoms with Crippen molar-refractivity contribution in [3.8, 4) is 0 Å². The number of nitrogens with zero attached hydrogens (tertiary/aromatic N) is 1. The summed E-state index contributed by atoms with van der Waals surface area (Å²) in [5.41, 5.74) is 2.96. The Labute approximate surface area is 116 Å². The van der Waals surface area contributed by atoms with E-state index in [1.807, 2.05) is 0 Å². The van der Waals surface area contributed by atoms with Crippen LogP contribution in [0.5, 0.6) is 0 Å². The van der Waals surface area contributed by atoms with Gasteiger partial charge in [-0.05, 0) is 24.7 Å². The molecule has 1 heterocycles. The zero-order valence-corrected chi connectivity index (χ0v) is 12.4. The molecule has 0 atom stereocenters. The van der Waals surface area contributed by atoms with Gasteiger partial charge < -0.3 is 10.1 Å². The minimum Gasteiger partial charge on any atom is -0.384 e. The summed E-state index contributed by atoms with van der Waals surface area (Å²) in [6.45, 7) is 12.6. The Morgan fingerprint density at radius 3 is 2.47 bits per heavy atom. The predicted octanol–water partition coefficient (Wildman–Crippen LogP) is 2.98. The number of hydrogen-bond acceptors (Lipinski definition) is 3. The fourth-order valence-electron chi connectivity index (χ4n) is 2.38. The molecule has 106 valence electrons. The van der Waals surface area contributed by atoms with E-state index in [9.17, 15) is 0 Å². The highest BCUT2D eigenvalue weighted by Crippen LogP contribution is 2.27. The van der Waals surface area contributed by atoms with Crippen LogP contribution in [0.25, 0.3) is 0 Å². The molecule has 1 aromatic rings. The van der Waals surface area contributed by atoms with Gasteiger partial charge >= 0.3 is 0 Å². The van der Waals surface area contributed by atoms with E-state index in [4.69, 9.17) is 4.74 Å². The van der Waals surface area contributed by atoms with E-state index in [1.54, 1.807) is 0 Å². The van der Waals surface area contributed by atoms with Crippen LogP contribution in [0, 0.1) is 5.41 Å². The van der Waals surface area contributed by atoms with Gasteiger partial charge in [0.15, 0.2) is 0 Å². The molecule has 0 radical (unpaired) electrons. The summed E-state index contributed by atoms with van der Waals surface area (Å²) >= 11 is 0. The third kappa shape index (κ3) is 3.71. The Kier molecular flexibility index (Phi) is 4.83. The maximum Gasteiger partial charge on any atom is 0.0559 e. The first-order valence-electron chi connectivity index (χ1n) is 7.29. The standard InChI is InChI=1S/C16H26N2O/c1-4-18(5-2)10-14-8-6-7-9-15(14)17-11-16(3)12-19-13-16/h6-9,17H,4-5,10-13H2,1-3H3. The summed E-state index contributed by atoms with van der Waals surface area (Å²) in [5, 5.41) is 3.60. The predicted molar refractivity (Wildman–Crippen MR) is 80.5 cm³/mol. The summed E-state index contributed by atoms with van der Waals surface area (Å²) in [6.07, 6.45) is 0. The number of ether oxygens (including phenoxy) is 1. The molecular weight excluding hydrogens is 236 g/mol. The van der Waals surface area contributed by atoms with E-state index < -0.39 is 0 Å². The van der Waals surface area contributed by atoms with E-state index in [0.29, 0.717) is 5.41 Å². The molecular formula is C16H26N2O. The third-order valence-corrected chi connectivity index (χ3v) is 3.91. The van der Waals surface area contributed by atoms with Crippen LogP contribution in [0.4, 0.5) is 5.69 Å². The van der Waals surface area contributed by atoms with Crippen molar-refractivity contribution in [3.63, 3.8) is 0 Å². The number of anilines is 1. The highest BCUT2D eigenvalue weighted by Gasteiger charge is 2.33. The number of para-hydroxylation sites is 1. The van der Waals surface area contributed by atoms with Crippen molar-refractivity contribution in [2.24, 2.45) is 5.41 Å². The van der Waals surface area contributed by atoms with E-state index in [-0.39, 0.29) is 0 Å². The Bertz CT molecular complexity index is 397. The Morgan fingerprint density at radius 2 is 1.89 bits per heavy atom. The lowest BCUT2D eigenvalue weighted by Crippen LogP contribution is -2.45. The first kappa shape index (κ1) is 14.4. The van der Waals surface area contributed by atoms with Gasteiger partial charge in [-0.15, -0.1) is 0 Å². The molecule has 0 bridgehead atoms. The summed E-state index contributed by atoms with van der Waals surface area (Å²) in [6, 6.07) is 8.63. The largest absolute Gasteiger partial charge is 0.384 e. The molecule has 0 amide bonds. The molecule has 1 aromatic carbocycles. The van der Waals surface area contributed by atoms with Gasteiger partial charge in [0.05, 0.1) is 13.2 Å². The van der Waals surface area contributed by atoms with Crippen molar-refractivity contribution in [3.05, 3.63) is 29.8 Å². The lowest BCUT2D eigenvalue weighted by molar-refractivity contribution is -0.0924. The zero-order valence-electron chi connectivity index (χ0n) is 12.4. The molecule has 3 heteroatoms. The molecule has 2 rings (SSSR count). The van der Waals surface area contributed by atoms with E-state index in [1.165, 1.54) is 11.3 Å². The smallest absolute Gasteiger partial charge is 0.0559 e. The normalized spacial score (nSPS) is 17.3. The molecule has 1 fully saturated rings. The van der Waals surface area contributed by atoms with Crippen LogP contribution in [-0.4, -0.2) is 37.7 Å². The fourth-order valence-corrected chi connectivity index (χ4v) is 2.38. The summed E-state index contributed by atoms with van der Waals surface area (Å²) in [4.78, 5) is 2.44. The number of rotatable bonds is 7. The first-order valence-corrected chi connectivity index (χ1v) is 7.29. The first-order chi connectivity index (χ1) is 9.17. The summed E-state index contributed by atoms with van der Waals surface area (Å²) in [5.74, 6) is 0. The Hall–Kier alpha value is -1.06. The maximum absolute atomic E-state index is 5.31. The second kappa shape index (κ2) is 6.40.